The number of allylic oxidation sites excluding steroid dienone is 1. The van der Waals surface area contributed by atoms with Crippen LogP contribution in [-0.4, -0.2) is 17.1 Å². The minimum absolute atomic E-state index is 0.166. The third-order valence-electron chi connectivity index (χ3n) is 6.25. The summed E-state index contributed by atoms with van der Waals surface area (Å²) in [5.74, 6) is -0.408. The molecule has 1 aromatic heterocycles. The minimum Gasteiger partial charge on any atom is -0.487 e. The highest BCUT2D eigenvalue weighted by molar-refractivity contribution is 9.11. The number of carbonyl (C=O) groups is 1. The van der Waals surface area contributed by atoms with Gasteiger partial charge < -0.3 is 9.47 Å². The van der Waals surface area contributed by atoms with Gasteiger partial charge in [-0.2, -0.15) is 0 Å². The number of benzene rings is 3. The SMILES string of the molecule is CCOC(=O)C1=C(C)N=c2s/c(=C\c3cc(Br)cc(Br)c3OCc3ccccc3)c(=O)n2[C@H]1c1ccc(F)cc1. The fourth-order valence-electron chi connectivity index (χ4n) is 4.46. The summed E-state index contributed by atoms with van der Waals surface area (Å²) in [5, 5.41) is 0. The van der Waals surface area contributed by atoms with Crippen molar-refractivity contribution >= 4 is 55.2 Å². The molecule has 0 N–H and O–H groups in total. The van der Waals surface area contributed by atoms with Crippen molar-refractivity contribution < 1.29 is 18.7 Å². The zero-order valence-corrected chi connectivity index (χ0v) is 25.5. The van der Waals surface area contributed by atoms with E-state index in [9.17, 15) is 14.0 Å². The Kier molecular flexibility index (Phi) is 8.48. The molecule has 0 saturated carbocycles. The van der Waals surface area contributed by atoms with Gasteiger partial charge in [0.05, 0.1) is 32.9 Å². The number of carbonyl (C=O) groups excluding carboxylic acids is 1. The molecule has 0 radical (unpaired) electrons. The molecular weight excluding hydrogens is 663 g/mol. The van der Waals surface area contributed by atoms with Gasteiger partial charge in [0, 0.05) is 10.0 Å². The van der Waals surface area contributed by atoms with Gasteiger partial charge in [0.15, 0.2) is 4.80 Å². The molecule has 0 unspecified atom stereocenters. The molecule has 204 valence electrons. The van der Waals surface area contributed by atoms with E-state index in [0.717, 1.165) is 14.5 Å². The average Bonchev–Trinajstić information content (AvgIpc) is 3.22. The maximum atomic E-state index is 13.9. The van der Waals surface area contributed by atoms with Crippen LogP contribution in [0.4, 0.5) is 4.39 Å². The van der Waals surface area contributed by atoms with Crippen LogP contribution in [0.5, 0.6) is 5.75 Å². The lowest BCUT2D eigenvalue weighted by Crippen LogP contribution is -2.39. The van der Waals surface area contributed by atoms with E-state index < -0.39 is 17.8 Å². The van der Waals surface area contributed by atoms with Crippen molar-refractivity contribution in [3.63, 3.8) is 0 Å². The quantitative estimate of drug-likeness (QED) is 0.223. The fourth-order valence-corrected chi connectivity index (χ4v) is 6.87. The van der Waals surface area contributed by atoms with Gasteiger partial charge in [-0.3, -0.25) is 9.36 Å². The second-order valence-corrected chi connectivity index (χ2v) is 11.7. The van der Waals surface area contributed by atoms with Crippen molar-refractivity contribution in [1.82, 2.24) is 4.57 Å². The smallest absolute Gasteiger partial charge is 0.338 e. The lowest BCUT2D eigenvalue weighted by molar-refractivity contribution is -0.139. The predicted octanol–water partition coefficient (Wildman–Crippen LogP) is 6.04. The maximum Gasteiger partial charge on any atom is 0.338 e. The molecule has 10 heteroatoms. The number of aromatic nitrogens is 1. The summed E-state index contributed by atoms with van der Waals surface area (Å²) in [4.78, 5) is 32.0. The molecule has 1 aliphatic rings. The van der Waals surface area contributed by atoms with E-state index in [1.54, 1.807) is 32.1 Å². The van der Waals surface area contributed by atoms with Crippen LogP contribution in [0.25, 0.3) is 6.08 Å². The van der Waals surface area contributed by atoms with Crippen molar-refractivity contribution in [2.45, 2.75) is 26.5 Å². The zero-order valence-electron chi connectivity index (χ0n) is 21.5. The third-order valence-corrected chi connectivity index (χ3v) is 8.28. The number of halogens is 3. The Balaban J connectivity index is 1.65. The molecule has 0 aliphatic carbocycles. The first-order valence-corrected chi connectivity index (χ1v) is 14.8. The first-order chi connectivity index (χ1) is 19.3. The second-order valence-electron chi connectivity index (χ2n) is 8.93. The zero-order chi connectivity index (χ0) is 28.4. The molecule has 0 saturated heterocycles. The molecule has 0 bridgehead atoms. The lowest BCUT2D eigenvalue weighted by Gasteiger charge is -2.24. The van der Waals surface area contributed by atoms with E-state index in [1.165, 1.54) is 28.0 Å². The van der Waals surface area contributed by atoms with Gasteiger partial charge in [-0.05, 0) is 71.2 Å². The molecule has 2 heterocycles. The van der Waals surface area contributed by atoms with Gasteiger partial charge in [-0.1, -0.05) is 69.7 Å². The van der Waals surface area contributed by atoms with Crippen LogP contribution in [0.2, 0.25) is 0 Å². The number of hydrogen-bond acceptors (Lipinski definition) is 6. The molecule has 3 aromatic carbocycles. The van der Waals surface area contributed by atoms with Gasteiger partial charge in [-0.25, -0.2) is 14.2 Å². The van der Waals surface area contributed by atoms with E-state index in [0.29, 0.717) is 38.5 Å². The number of nitrogens with zero attached hydrogens (tertiary/aromatic N) is 2. The van der Waals surface area contributed by atoms with Gasteiger partial charge in [0.1, 0.15) is 18.2 Å². The van der Waals surface area contributed by atoms with Gasteiger partial charge in [0.2, 0.25) is 0 Å². The van der Waals surface area contributed by atoms with Crippen LogP contribution in [-0.2, 0) is 16.1 Å². The molecule has 0 fully saturated rings. The first-order valence-electron chi connectivity index (χ1n) is 12.4. The number of hydrogen-bond donors (Lipinski definition) is 0. The van der Waals surface area contributed by atoms with Crippen molar-refractivity contribution in [3.05, 3.63) is 129 Å². The van der Waals surface area contributed by atoms with Crippen LogP contribution in [0.3, 0.4) is 0 Å². The van der Waals surface area contributed by atoms with Crippen LogP contribution >= 0.6 is 43.2 Å². The monoisotopic (exact) mass is 684 g/mol. The van der Waals surface area contributed by atoms with Gasteiger partial charge >= 0.3 is 5.97 Å². The van der Waals surface area contributed by atoms with E-state index >= 15 is 0 Å². The topological polar surface area (TPSA) is 69.9 Å². The van der Waals surface area contributed by atoms with E-state index in [2.05, 4.69) is 36.9 Å². The highest BCUT2D eigenvalue weighted by Gasteiger charge is 2.33. The molecule has 40 heavy (non-hydrogen) atoms. The molecule has 4 aromatic rings. The molecule has 6 nitrogen and oxygen atoms in total. The average molecular weight is 686 g/mol. The molecule has 5 rings (SSSR count). The molecule has 1 atom stereocenters. The molecule has 0 amide bonds. The Morgan fingerprint density at radius 2 is 1.85 bits per heavy atom. The van der Waals surface area contributed by atoms with Crippen molar-refractivity contribution in [2.75, 3.05) is 6.61 Å². The fraction of sp³-hybridized carbons (Fsp3) is 0.167. The number of fused-ring (bicyclic) bond motifs is 1. The summed E-state index contributed by atoms with van der Waals surface area (Å²) < 4.78 is 28.7. The summed E-state index contributed by atoms with van der Waals surface area (Å²) in [6.07, 6.45) is 1.75. The van der Waals surface area contributed by atoms with E-state index in [1.807, 2.05) is 42.5 Å². The Morgan fingerprint density at radius 1 is 1.12 bits per heavy atom. The molecular formula is C30H23Br2FN2O4S. The van der Waals surface area contributed by atoms with Gasteiger partial charge in [-0.15, -0.1) is 0 Å². The number of ether oxygens (including phenoxy) is 2. The first kappa shape index (κ1) is 28.2. The Labute approximate surface area is 250 Å². The Morgan fingerprint density at radius 3 is 2.55 bits per heavy atom. The maximum absolute atomic E-state index is 13.9. The summed E-state index contributed by atoms with van der Waals surface area (Å²) >= 11 is 8.33. The second kappa shape index (κ2) is 12.0. The number of rotatable bonds is 7. The summed E-state index contributed by atoms with van der Waals surface area (Å²) in [6.45, 7) is 3.93. The molecule has 1 aliphatic heterocycles. The van der Waals surface area contributed by atoms with Crippen molar-refractivity contribution in [2.24, 2.45) is 4.99 Å². The van der Waals surface area contributed by atoms with Crippen LogP contribution in [0, 0.1) is 5.82 Å². The summed E-state index contributed by atoms with van der Waals surface area (Å²) in [6, 6.07) is 18.5. The highest BCUT2D eigenvalue weighted by Crippen LogP contribution is 2.34. The standard InChI is InChI=1S/C30H23Br2FN2O4S/c1-3-38-29(37)25-17(2)34-30-35(26(25)19-9-11-22(33)12-10-19)28(36)24(40-30)14-20-13-21(31)15-23(32)27(20)39-16-18-7-5-4-6-8-18/h4-15,26H,3,16H2,1-2H3/b24-14-/t26-/m0/s1. The van der Waals surface area contributed by atoms with E-state index in [-0.39, 0.29) is 17.7 Å². The highest BCUT2D eigenvalue weighted by atomic mass is 79.9. The normalized spacial score (nSPS) is 15.0. The predicted molar refractivity (Wildman–Crippen MR) is 159 cm³/mol. The number of thiazole rings is 1. The van der Waals surface area contributed by atoms with E-state index in [4.69, 9.17) is 9.47 Å². The summed E-state index contributed by atoms with van der Waals surface area (Å²) in [7, 11) is 0. The number of esters is 1. The largest absolute Gasteiger partial charge is 0.487 e. The van der Waals surface area contributed by atoms with Crippen LogP contribution < -0.4 is 19.6 Å². The Bertz CT molecular complexity index is 1800. The van der Waals surface area contributed by atoms with Crippen LogP contribution in [0.1, 0.15) is 36.6 Å². The minimum atomic E-state index is -0.818. The lowest BCUT2D eigenvalue weighted by atomic mass is 9.96. The van der Waals surface area contributed by atoms with Crippen molar-refractivity contribution in [3.8, 4) is 5.75 Å². The third kappa shape index (κ3) is 5.75. The van der Waals surface area contributed by atoms with Crippen LogP contribution in [0.15, 0.2) is 96.7 Å². The Hall–Kier alpha value is -3.34. The molecule has 0 spiro atoms. The summed E-state index contributed by atoms with van der Waals surface area (Å²) in [5.41, 5.74) is 2.61. The van der Waals surface area contributed by atoms with Crippen molar-refractivity contribution in [1.29, 1.82) is 0 Å². The van der Waals surface area contributed by atoms with Gasteiger partial charge in [0.25, 0.3) is 5.56 Å².